The molecule has 3 atom stereocenters. The molecule has 1 unspecified atom stereocenters. The molecule has 5 rings (SSSR count). The highest BCUT2D eigenvalue weighted by Crippen LogP contribution is 2.34. The lowest BCUT2D eigenvalue weighted by molar-refractivity contribution is -0.158. The van der Waals surface area contributed by atoms with Crippen molar-refractivity contribution >= 4 is 39.8 Å². The number of aromatic nitrogens is 1. The van der Waals surface area contributed by atoms with Crippen LogP contribution in [0.3, 0.4) is 0 Å². The fourth-order valence-electron chi connectivity index (χ4n) is 5.01. The number of carbonyl (C=O) groups is 1. The summed E-state index contributed by atoms with van der Waals surface area (Å²) >= 11 is 6.61. The first-order valence-corrected chi connectivity index (χ1v) is 12.2. The van der Waals surface area contributed by atoms with Gasteiger partial charge < -0.3 is 24.8 Å². The number of pyridine rings is 1. The van der Waals surface area contributed by atoms with Gasteiger partial charge in [0.15, 0.2) is 0 Å². The molecule has 0 bridgehead atoms. The van der Waals surface area contributed by atoms with Gasteiger partial charge in [-0.05, 0) is 36.9 Å². The molecule has 2 N–H and O–H groups in total. The lowest BCUT2D eigenvalue weighted by Crippen LogP contribution is -2.60. The van der Waals surface area contributed by atoms with Crippen molar-refractivity contribution in [1.29, 1.82) is 0 Å². The molecule has 190 valence electrons. The van der Waals surface area contributed by atoms with Crippen molar-refractivity contribution in [3.63, 3.8) is 0 Å². The molecule has 3 aliphatic heterocycles. The molecule has 1 aromatic carbocycles. The summed E-state index contributed by atoms with van der Waals surface area (Å²) in [5, 5.41) is 15.3. The molecule has 1 aromatic heterocycles. The van der Waals surface area contributed by atoms with Crippen LogP contribution < -0.4 is 10.2 Å². The third kappa shape index (κ3) is 4.95. The fourth-order valence-corrected chi connectivity index (χ4v) is 5.30. The van der Waals surface area contributed by atoms with E-state index in [1.807, 2.05) is 19.1 Å². The molecule has 35 heavy (non-hydrogen) atoms. The standard InChI is InChI=1S/C24H29ClF2N4O4/c1-23(13-34-12-20(23)32)31-6-4-30(5-7-31)18-9-15-10-21(28-11-16(15)8-17(18)25)29-22(33)19-2-3-24(26,27)14-35-19/h8-11,19-20,32H,2-7,12-14H2,1H3,(H,28,29,33)/t19?,20-,23+/m1/s1. The van der Waals surface area contributed by atoms with Crippen molar-refractivity contribution in [1.82, 2.24) is 9.88 Å². The van der Waals surface area contributed by atoms with Gasteiger partial charge in [-0.3, -0.25) is 9.69 Å². The number of aliphatic hydroxyl groups excluding tert-OH is 1. The lowest BCUT2D eigenvalue weighted by Gasteiger charge is -2.45. The van der Waals surface area contributed by atoms with Gasteiger partial charge in [0, 0.05) is 44.2 Å². The summed E-state index contributed by atoms with van der Waals surface area (Å²) in [6.45, 7) is 5.18. The SMILES string of the molecule is C[C@]1(N2CCN(c3cc4cc(NC(=O)C5CCC(F)(F)CO5)ncc4cc3Cl)CC2)COC[C@H]1O. The molecule has 0 radical (unpaired) electrons. The number of aliphatic hydroxyl groups is 1. The van der Waals surface area contributed by atoms with Gasteiger partial charge in [-0.2, -0.15) is 0 Å². The molecule has 3 saturated heterocycles. The second kappa shape index (κ2) is 9.40. The van der Waals surface area contributed by atoms with E-state index >= 15 is 0 Å². The number of rotatable bonds is 4. The van der Waals surface area contributed by atoms with E-state index in [1.165, 1.54) is 0 Å². The molecule has 1 amide bonds. The van der Waals surface area contributed by atoms with E-state index in [1.54, 1.807) is 12.3 Å². The summed E-state index contributed by atoms with van der Waals surface area (Å²) in [4.78, 5) is 21.2. The van der Waals surface area contributed by atoms with Gasteiger partial charge in [0.05, 0.1) is 35.6 Å². The molecule has 0 aliphatic carbocycles. The first-order valence-electron chi connectivity index (χ1n) is 11.8. The number of piperazine rings is 1. The first-order chi connectivity index (χ1) is 16.6. The van der Waals surface area contributed by atoms with Crippen LogP contribution in [0.1, 0.15) is 19.8 Å². The van der Waals surface area contributed by atoms with Crippen LogP contribution in [0.4, 0.5) is 20.3 Å². The summed E-state index contributed by atoms with van der Waals surface area (Å²) in [5.41, 5.74) is 0.504. The minimum absolute atomic E-state index is 0.0413. The van der Waals surface area contributed by atoms with Crippen LogP contribution in [0.2, 0.25) is 5.02 Å². The summed E-state index contributed by atoms with van der Waals surface area (Å²) in [6, 6.07) is 5.56. The van der Waals surface area contributed by atoms with Crippen molar-refractivity contribution in [2.45, 2.75) is 43.4 Å². The molecular formula is C24H29ClF2N4O4. The molecule has 0 saturated carbocycles. The van der Waals surface area contributed by atoms with E-state index in [0.29, 0.717) is 24.1 Å². The van der Waals surface area contributed by atoms with Gasteiger partial charge in [-0.1, -0.05) is 11.6 Å². The molecule has 3 aliphatic rings. The van der Waals surface area contributed by atoms with E-state index in [4.69, 9.17) is 21.1 Å². The third-order valence-electron chi connectivity index (χ3n) is 7.33. The second-order valence-electron chi connectivity index (χ2n) is 9.77. The molecule has 3 fully saturated rings. The predicted octanol–water partition coefficient (Wildman–Crippen LogP) is 2.91. The quantitative estimate of drug-likeness (QED) is 0.654. The maximum absolute atomic E-state index is 13.3. The Morgan fingerprint density at radius 3 is 2.63 bits per heavy atom. The average molecular weight is 511 g/mol. The monoisotopic (exact) mass is 510 g/mol. The van der Waals surface area contributed by atoms with E-state index in [0.717, 1.165) is 42.6 Å². The average Bonchev–Trinajstić information content (AvgIpc) is 3.18. The number of amides is 1. The van der Waals surface area contributed by atoms with Gasteiger partial charge in [-0.15, -0.1) is 0 Å². The van der Waals surface area contributed by atoms with Crippen LogP contribution in [0, 0.1) is 0 Å². The van der Waals surface area contributed by atoms with Gasteiger partial charge >= 0.3 is 0 Å². The maximum atomic E-state index is 13.3. The zero-order valence-corrected chi connectivity index (χ0v) is 20.2. The van der Waals surface area contributed by atoms with Crippen molar-refractivity contribution in [2.75, 3.05) is 56.2 Å². The molecule has 0 spiro atoms. The fraction of sp³-hybridized carbons (Fsp3) is 0.583. The van der Waals surface area contributed by atoms with Gasteiger partial charge in [0.25, 0.3) is 11.8 Å². The van der Waals surface area contributed by atoms with Crippen LogP contribution in [-0.4, -0.2) is 90.6 Å². The summed E-state index contributed by atoms with van der Waals surface area (Å²) in [5.74, 6) is -3.05. The Labute approximate surface area is 207 Å². The van der Waals surface area contributed by atoms with Gasteiger partial charge in [-0.25, -0.2) is 13.8 Å². The highest BCUT2D eigenvalue weighted by molar-refractivity contribution is 6.34. The van der Waals surface area contributed by atoms with Crippen LogP contribution in [0.15, 0.2) is 24.4 Å². The Balaban J connectivity index is 1.28. The number of benzene rings is 1. The van der Waals surface area contributed by atoms with Crippen LogP contribution >= 0.6 is 11.6 Å². The number of alkyl halides is 2. The minimum Gasteiger partial charge on any atom is -0.389 e. The van der Waals surface area contributed by atoms with Gasteiger partial charge in [0.2, 0.25) is 0 Å². The molecular weight excluding hydrogens is 482 g/mol. The van der Waals surface area contributed by atoms with E-state index < -0.39 is 30.6 Å². The van der Waals surface area contributed by atoms with Crippen LogP contribution in [0.5, 0.6) is 0 Å². The lowest BCUT2D eigenvalue weighted by atomic mass is 9.95. The number of anilines is 2. The number of fused-ring (bicyclic) bond motifs is 1. The zero-order chi connectivity index (χ0) is 24.8. The highest BCUT2D eigenvalue weighted by atomic mass is 35.5. The Hall–Kier alpha value is -2.11. The predicted molar refractivity (Wildman–Crippen MR) is 128 cm³/mol. The molecule has 4 heterocycles. The van der Waals surface area contributed by atoms with Crippen molar-refractivity contribution in [2.24, 2.45) is 0 Å². The Bertz CT molecular complexity index is 1100. The maximum Gasteiger partial charge on any atom is 0.271 e. The molecule has 2 aromatic rings. The van der Waals surface area contributed by atoms with Gasteiger partial charge in [0.1, 0.15) is 18.5 Å². The second-order valence-corrected chi connectivity index (χ2v) is 10.2. The zero-order valence-electron chi connectivity index (χ0n) is 19.5. The Morgan fingerprint density at radius 1 is 1.20 bits per heavy atom. The molecule has 11 heteroatoms. The molecule has 8 nitrogen and oxygen atoms in total. The number of nitrogens with zero attached hydrogens (tertiary/aromatic N) is 3. The summed E-state index contributed by atoms with van der Waals surface area (Å²) < 4.78 is 37.1. The van der Waals surface area contributed by atoms with Crippen molar-refractivity contribution < 1.29 is 28.2 Å². The number of nitrogens with one attached hydrogen (secondary N) is 1. The first kappa shape index (κ1) is 24.6. The van der Waals surface area contributed by atoms with Crippen molar-refractivity contribution in [3.05, 3.63) is 29.4 Å². The number of halogens is 3. The third-order valence-corrected chi connectivity index (χ3v) is 7.63. The van der Waals surface area contributed by atoms with Crippen molar-refractivity contribution in [3.8, 4) is 0 Å². The highest BCUT2D eigenvalue weighted by Gasteiger charge is 2.44. The van der Waals surface area contributed by atoms with E-state index in [2.05, 4.69) is 20.1 Å². The smallest absolute Gasteiger partial charge is 0.271 e. The normalized spacial score (nSPS) is 29.5. The number of hydrogen-bond acceptors (Lipinski definition) is 7. The van der Waals surface area contributed by atoms with E-state index in [-0.39, 0.29) is 18.4 Å². The number of hydrogen-bond donors (Lipinski definition) is 2. The van der Waals surface area contributed by atoms with Crippen LogP contribution in [-0.2, 0) is 14.3 Å². The Kier molecular flexibility index (Phi) is 6.60. The summed E-state index contributed by atoms with van der Waals surface area (Å²) in [7, 11) is 0. The van der Waals surface area contributed by atoms with E-state index in [9.17, 15) is 18.7 Å². The topological polar surface area (TPSA) is 87.2 Å². The van der Waals surface area contributed by atoms with Crippen LogP contribution in [0.25, 0.3) is 10.8 Å². The Morgan fingerprint density at radius 2 is 1.97 bits per heavy atom. The number of ether oxygens (including phenoxy) is 2. The minimum atomic E-state index is -2.89. The number of carbonyl (C=O) groups excluding carboxylic acids is 1. The largest absolute Gasteiger partial charge is 0.389 e. The summed E-state index contributed by atoms with van der Waals surface area (Å²) in [6.07, 6.45) is -0.224.